The number of hydrogen-bond donors (Lipinski definition) is 1. The van der Waals surface area contributed by atoms with Gasteiger partial charge in [-0.05, 0) is 39.1 Å². The van der Waals surface area contributed by atoms with Crippen molar-refractivity contribution >= 4 is 17.4 Å². The maximum absolute atomic E-state index is 8.95. The summed E-state index contributed by atoms with van der Waals surface area (Å²) in [5.41, 5.74) is 0.314. The lowest BCUT2D eigenvalue weighted by atomic mass is 9.88. The normalized spacial score (nSPS) is 17.8. The number of nitriles is 1. The molecule has 1 aliphatic rings. The lowest BCUT2D eigenvalue weighted by Gasteiger charge is -2.43. The minimum Gasteiger partial charge on any atom is -0.381 e. The van der Waals surface area contributed by atoms with Crippen molar-refractivity contribution in [1.29, 1.82) is 5.26 Å². The number of aromatic nitrogens is 1. The van der Waals surface area contributed by atoms with Crippen LogP contribution in [0.1, 0.15) is 18.5 Å². The highest BCUT2D eigenvalue weighted by molar-refractivity contribution is 6.31. The third-order valence-corrected chi connectivity index (χ3v) is 4.23. The molecule has 20 heavy (non-hydrogen) atoms. The van der Waals surface area contributed by atoms with Gasteiger partial charge in [0.1, 0.15) is 11.9 Å². The molecule has 2 rings (SSSR count). The van der Waals surface area contributed by atoms with Gasteiger partial charge in [0.05, 0.1) is 5.02 Å². The molecule has 1 fully saturated rings. The van der Waals surface area contributed by atoms with Gasteiger partial charge in [0.25, 0.3) is 0 Å². The molecule has 0 atom stereocenters. The standard InChI is InChI=1S/C14H19ClN4O/c1-19(2)14(5-7-20-8-6-14)10-17-13-4-3-11(15)12(9-16)18-13/h3-4H,5-8,10H2,1-2H3,(H,17,18). The summed E-state index contributed by atoms with van der Waals surface area (Å²) in [7, 11) is 4.17. The molecule has 0 radical (unpaired) electrons. The van der Waals surface area contributed by atoms with E-state index in [-0.39, 0.29) is 11.2 Å². The molecule has 0 aromatic carbocycles. The summed E-state index contributed by atoms with van der Waals surface area (Å²) in [6, 6.07) is 5.49. The lowest BCUT2D eigenvalue weighted by molar-refractivity contribution is -0.000664. The third-order valence-electron chi connectivity index (χ3n) is 3.92. The predicted molar refractivity (Wildman–Crippen MR) is 78.9 cm³/mol. The Hall–Kier alpha value is -1.35. The highest BCUT2D eigenvalue weighted by Gasteiger charge is 2.34. The average molecular weight is 295 g/mol. The minimum absolute atomic E-state index is 0.0619. The Morgan fingerprint density at radius 2 is 2.15 bits per heavy atom. The monoisotopic (exact) mass is 294 g/mol. The number of ether oxygens (including phenoxy) is 1. The second-order valence-corrected chi connectivity index (χ2v) is 5.63. The first-order chi connectivity index (χ1) is 9.57. The fourth-order valence-electron chi connectivity index (χ4n) is 2.41. The van der Waals surface area contributed by atoms with Crippen LogP contribution in [0.25, 0.3) is 0 Å². The number of nitrogens with one attached hydrogen (secondary N) is 1. The van der Waals surface area contributed by atoms with E-state index < -0.39 is 0 Å². The molecule has 1 saturated heterocycles. The summed E-state index contributed by atoms with van der Waals surface area (Å²) in [5.74, 6) is 0.679. The molecule has 5 nitrogen and oxygen atoms in total. The topological polar surface area (TPSA) is 61.2 Å². The molecule has 6 heteroatoms. The van der Waals surface area contributed by atoms with E-state index in [0.29, 0.717) is 10.8 Å². The number of nitrogens with zero attached hydrogens (tertiary/aromatic N) is 3. The molecule has 2 heterocycles. The molecule has 0 aliphatic carbocycles. The van der Waals surface area contributed by atoms with Crippen LogP contribution >= 0.6 is 11.6 Å². The van der Waals surface area contributed by atoms with Gasteiger partial charge < -0.3 is 15.0 Å². The van der Waals surface area contributed by atoms with E-state index in [4.69, 9.17) is 21.6 Å². The molecular formula is C14H19ClN4O. The smallest absolute Gasteiger partial charge is 0.161 e. The van der Waals surface area contributed by atoms with Gasteiger partial charge in [0.2, 0.25) is 0 Å². The van der Waals surface area contributed by atoms with Crippen LogP contribution < -0.4 is 5.32 Å². The van der Waals surface area contributed by atoms with Gasteiger partial charge in [-0.3, -0.25) is 0 Å². The van der Waals surface area contributed by atoms with Gasteiger partial charge in [-0.25, -0.2) is 4.98 Å². The van der Waals surface area contributed by atoms with Crippen molar-refractivity contribution in [3.05, 3.63) is 22.8 Å². The number of rotatable bonds is 4. The third kappa shape index (κ3) is 3.21. The molecule has 0 saturated carbocycles. The van der Waals surface area contributed by atoms with Crippen LogP contribution in [-0.4, -0.2) is 49.3 Å². The zero-order valence-corrected chi connectivity index (χ0v) is 12.6. The molecule has 0 unspecified atom stereocenters. The minimum atomic E-state index is 0.0619. The number of pyridine rings is 1. The number of likely N-dealkylation sites (N-methyl/N-ethyl adjacent to an activating group) is 1. The Kier molecular flexibility index (Phi) is 4.81. The Labute approximate surface area is 124 Å². The fraction of sp³-hybridized carbons (Fsp3) is 0.571. The zero-order chi connectivity index (χ0) is 14.6. The van der Waals surface area contributed by atoms with Crippen LogP contribution in [0, 0.1) is 11.3 Å². The van der Waals surface area contributed by atoms with E-state index in [1.807, 2.05) is 6.07 Å². The van der Waals surface area contributed by atoms with Gasteiger partial charge >= 0.3 is 0 Å². The van der Waals surface area contributed by atoms with Crippen molar-refractivity contribution in [1.82, 2.24) is 9.88 Å². The molecule has 0 amide bonds. The molecule has 108 valence electrons. The van der Waals surface area contributed by atoms with E-state index in [1.165, 1.54) is 0 Å². The average Bonchev–Trinajstić information content (AvgIpc) is 2.47. The van der Waals surface area contributed by atoms with Crippen LogP contribution in [0.15, 0.2) is 12.1 Å². The summed E-state index contributed by atoms with van der Waals surface area (Å²) in [4.78, 5) is 6.45. The van der Waals surface area contributed by atoms with Crippen LogP contribution in [0.5, 0.6) is 0 Å². The first-order valence-electron chi connectivity index (χ1n) is 6.63. The maximum Gasteiger partial charge on any atom is 0.161 e. The van der Waals surface area contributed by atoms with Gasteiger partial charge in [0, 0.05) is 25.3 Å². The molecule has 1 N–H and O–H groups in total. The number of hydrogen-bond acceptors (Lipinski definition) is 5. The van der Waals surface area contributed by atoms with Crippen molar-refractivity contribution in [2.24, 2.45) is 0 Å². The van der Waals surface area contributed by atoms with Crippen LogP contribution in [-0.2, 0) is 4.74 Å². The second kappa shape index (κ2) is 6.40. The lowest BCUT2D eigenvalue weighted by Crippen LogP contribution is -2.53. The van der Waals surface area contributed by atoms with Crippen molar-refractivity contribution < 1.29 is 4.74 Å². The Balaban J connectivity index is 2.08. The first kappa shape index (κ1) is 15.0. The Morgan fingerprint density at radius 3 is 2.75 bits per heavy atom. The Bertz CT molecular complexity index is 506. The zero-order valence-electron chi connectivity index (χ0n) is 11.8. The second-order valence-electron chi connectivity index (χ2n) is 5.22. The number of halogens is 1. The quantitative estimate of drug-likeness (QED) is 0.922. The maximum atomic E-state index is 8.95. The van der Waals surface area contributed by atoms with Crippen molar-refractivity contribution in [3.63, 3.8) is 0 Å². The van der Waals surface area contributed by atoms with Crippen molar-refractivity contribution in [2.75, 3.05) is 39.2 Å². The first-order valence-corrected chi connectivity index (χ1v) is 7.01. The summed E-state index contributed by atoms with van der Waals surface area (Å²) in [5, 5.41) is 12.7. The largest absolute Gasteiger partial charge is 0.381 e. The van der Waals surface area contributed by atoms with Gasteiger partial charge in [-0.1, -0.05) is 11.6 Å². The van der Waals surface area contributed by atoms with Crippen molar-refractivity contribution in [2.45, 2.75) is 18.4 Å². The summed E-state index contributed by atoms with van der Waals surface area (Å²) >= 11 is 5.89. The van der Waals surface area contributed by atoms with Crippen LogP contribution in [0.2, 0.25) is 5.02 Å². The van der Waals surface area contributed by atoms with Gasteiger partial charge in [-0.2, -0.15) is 5.26 Å². The summed E-state index contributed by atoms with van der Waals surface area (Å²) in [6.45, 7) is 2.32. The van der Waals surface area contributed by atoms with Crippen molar-refractivity contribution in [3.8, 4) is 6.07 Å². The van der Waals surface area contributed by atoms with E-state index in [0.717, 1.165) is 32.6 Å². The molecular weight excluding hydrogens is 276 g/mol. The van der Waals surface area contributed by atoms with E-state index in [9.17, 15) is 0 Å². The Morgan fingerprint density at radius 1 is 1.45 bits per heavy atom. The fourth-order valence-corrected chi connectivity index (χ4v) is 2.56. The number of anilines is 1. The SMILES string of the molecule is CN(C)C1(CNc2ccc(Cl)c(C#N)n2)CCOCC1. The molecule has 1 aromatic heterocycles. The predicted octanol–water partition coefficient (Wildman–Crippen LogP) is 2.13. The molecule has 0 bridgehead atoms. The highest BCUT2D eigenvalue weighted by Crippen LogP contribution is 2.26. The van der Waals surface area contributed by atoms with E-state index in [1.54, 1.807) is 12.1 Å². The highest BCUT2D eigenvalue weighted by atomic mass is 35.5. The molecule has 1 aromatic rings. The van der Waals surface area contributed by atoms with Gasteiger partial charge in [-0.15, -0.1) is 0 Å². The van der Waals surface area contributed by atoms with Gasteiger partial charge in [0.15, 0.2) is 5.69 Å². The van der Waals surface area contributed by atoms with E-state index >= 15 is 0 Å². The summed E-state index contributed by atoms with van der Waals surface area (Å²) < 4.78 is 5.45. The summed E-state index contributed by atoms with van der Waals surface area (Å²) in [6.07, 6.45) is 1.96. The van der Waals surface area contributed by atoms with Crippen LogP contribution in [0.3, 0.4) is 0 Å². The van der Waals surface area contributed by atoms with E-state index in [2.05, 4.69) is 29.3 Å². The van der Waals surface area contributed by atoms with Crippen LogP contribution in [0.4, 0.5) is 5.82 Å². The molecule has 0 spiro atoms. The molecule has 1 aliphatic heterocycles.